The largest absolute Gasteiger partial charge is 0.348 e. The highest BCUT2D eigenvalue weighted by atomic mass is 16.2. The highest BCUT2D eigenvalue weighted by Gasteiger charge is 2.25. The molecule has 1 aliphatic heterocycles. The number of rotatable bonds is 6. The number of carbonyl (C=O) groups excluding carboxylic acids is 3. The van der Waals surface area contributed by atoms with Crippen molar-refractivity contribution in [2.24, 2.45) is 0 Å². The van der Waals surface area contributed by atoms with E-state index in [1.54, 1.807) is 29.2 Å². The van der Waals surface area contributed by atoms with E-state index in [1.165, 1.54) is 6.08 Å². The Hall–Kier alpha value is -3.41. The minimum atomic E-state index is -0.234. The average molecular weight is 391 g/mol. The normalized spacial score (nSPS) is 16.0. The maximum atomic E-state index is 12.9. The zero-order valence-corrected chi connectivity index (χ0v) is 16.3. The molecule has 1 saturated heterocycles. The standard InChI is InChI=1S/C23H25N3O3/c1-2-21(27)24-15-17-10-12-19(13-11-17)23(29)26-14-6-9-20(16-26)25-22(28)18-7-4-3-5-8-18/h2-5,7-8,10-13,20H,1,6,9,14-16H2,(H,24,27)(H,25,28). The van der Waals surface area contributed by atoms with Gasteiger partial charge in [-0.2, -0.15) is 0 Å². The monoisotopic (exact) mass is 391 g/mol. The molecule has 150 valence electrons. The fourth-order valence-corrected chi connectivity index (χ4v) is 3.35. The third-order valence-corrected chi connectivity index (χ3v) is 4.93. The lowest BCUT2D eigenvalue weighted by Gasteiger charge is -2.33. The van der Waals surface area contributed by atoms with Crippen LogP contribution in [0.3, 0.4) is 0 Å². The third-order valence-electron chi connectivity index (χ3n) is 4.93. The molecule has 29 heavy (non-hydrogen) atoms. The number of piperidine rings is 1. The van der Waals surface area contributed by atoms with Crippen molar-refractivity contribution in [2.75, 3.05) is 13.1 Å². The van der Waals surface area contributed by atoms with Crippen molar-refractivity contribution in [1.82, 2.24) is 15.5 Å². The van der Waals surface area contributed by atoms with Gasteiger partial charge in [-0.15, -0.1) is 0 Å². The van der Waals surface area contributed by atoms with Crippen molar-refractivity contribution < 1.29 is 14.4 Å². The highest BCUT2D eigenvalue weighted by molar-refractivity contribution is 5.95. The molecular weight excluding hydrogens is 366 g/mol. The van der Waals surface area contributed by atoms with Gasteiger partial charge in [0.15, 0.2) is 0 Å². The summed E-state index contributed by atoms with van der Waals surface area (Å²) in [6, 6.07) is 16.2. The molecule has 1 fully saturated rings. The minimum absolute atomic E-state index is 0.0506. The molecule has 6 nitrogen and oxygen atoms in total. The van der Waals surface area contributed by atoms with Crippen LogP contribution in [0.4, 0.5) is 0 Å². The Morgan fingerprint density at radius 1 is 1.03 bits per heavy atom. The zero-order chi connectivity index (χ0) is 20.6. The van der Waals surface area contributed by atoms with Gasteiger partial charge in [0.25, 0.3) is 11.8 Å². The summed E-state index contributed by atoms with van der Waals surface area (Å²) in [6.07, 6.45) is 2.92. The van der Waals surface area contributed by atoms with Gasteiger partial charge in [0, 0.05) is 36.8 Å². The van der Waals surface area contributed by atoms with Crippen LogP contribution in [0.2, 0.25) is 0 Å². The lowest BCUT2D eigenvalue weighted by Crippen LogP contribution is -2.49. The van der Waals surface area contributed by atoms with Gasteiger partial charge in [0.2, 0.25) is 5.91 Å². The zero-order valence-electron chi connectivity index (χ0n) is 16.3. The number of hydrogen-bond donors (Lipinski definition) is 2. The molecule has 3 rings (SSSR count). The molecule has 0 radical (unpaired) electrons. The van der Waals surface area contributed by atoms with Gasteiger partial charge in [-0.25, -0.2) is 0 Å². The molecule has 0 bridgehead atoms. The lowest BCUT2D eigenvalue weighted by atomic mass is 10.0. The fourth-order valence-electron chi connectivity index (χ4n) is 3.35. The minimum Gasteiger partial charge on any atom is -0.348 e. The summed E-state index contributed by atoms with van der Waals surface area (Å²) in [7, 11) is 0. The molecule has 0 aromatic heterocycles. The van der Waals surface area contributed by atoms with E-state index in [-0.39, 0.29) is 23.8 Å². The Morgan fingerprint density at radius 3 is 2.45 bits per heavy atom. The summed E-state index contributed by atoms with van der Waals surface area (Å²) in [5, 5.41) is 5.74. The Bertz CT molecular complexity index is 878. The number of amides is 3. The van der Waals surface area contributed by atoms with Gasteiger partial charge in [-0.1, -0.05) is 36.9 Å². The summed E-state index contributed by atoms with van der Waals surface area (Å²) in [5.41, 5.74) is 2.12. The second-order valence-corrected chi connectivity index (χ2v) is 7.05. The van der Waals surface area contributed by atoms with Gasteiger partial charge in [0.05, 0.1) is 0 Å². The van der Waals surface area contributed by atoms with Crippen molar-refractivity contribution in [3.8, 4) is 0 Å². The van der Waals surface area contributed by atoms with Gasteiger partial charge in [-0.3, -0.25) is 14.4 Å². The van der Waals surface area contributed by atoms with E-state index in [2.05, 4.69) is 17.2 Å². The Balaban J connectivity index is 1.57. The first kappa shape index (κ1) is 20.3. The van der Waals surface area contributed by atoms with E-state index in [0.29, 0.717) is 30.8 Å². The summed E-state index contributed by atoms with van der Waals surface area (Å²) in [6.45, 7) is 4.97. The molecule has 0 saturated carbocycles. The smallest absolute Gasteiger partial charge is 0.253 e. The number of benzene rings is 2. The molecule has 1 unspecified atom stereocenters. The van der Waals surface area contributed by atoms with E-state index in [1.807, 2.05) is 30.3 Å². The molecule has 0 spiro atoms. The third kappa shape index (κ3) is 5.54. The summed E-state index contributed by atoms with van der Waals surface area (Å²) < 4.78 is 0. The van der Waals surface area contributed by atoms with Crippen molar-refractivity contribution in [3.05, 3.63) is 83.9 Å². The molecular formula is C23H25N3O3. The van der Waals surface area contributed by atoms with Gasteiger partial charge in [0.1, 0.15) is 0 Å². The van der Waals surface area contributed by atoms with E-state index in [4.69, 9.17) is 0 Å². The van der Waals surface area contributed by atoms with Crippen LogP contribution in [0.15, 0.2) is 67.3 Å². The summed E-state index contributed by atoms with van der Waals surface area (Å²) in [4.78, 5) is 38.3. The number of likely N-dealkylation sites (tertiary alicyclic amines) is 1. The van der Waals surface area contributed by atoms with Crippen LogP contribution >= 0.6 is 0 Å². The van der Waals surface area contributed by atoms with Crippen LogP contribution in [0, 0.1) is 0 Å². The summed E-state index contributed by atoms with van der Waals surface area (Å²) in [5.74, 6) is -0.400. The first-order valence-corrected chi connectivity index (χ1v) is 9.71. The quantitative estimate of drug-likeness (QED) is 0.743. The second kappa shape index (κ2) is 9.68. The number of nitrogens with zero attached hydrogens (tertiary/aromatic N) is 1. The van der Waals surface area contributed by atoms with E-state index < -0.39 is 0 Å². The molecule has 0 aliphatic carbocycles. The van der Waals surface area contributed by atoms with E-state index >= 15 is 0 Å². The van der Waals surface area contributed by atoms with Crippen LogP contribution in [0.25, 0.3) is 0 Å². The molecule has 6 heteroatoms. The molecule has 1 atom stereocenters. The molecule has 1 aliphatic rings. The van der Waals surface area contributed by atoms with Crippen LogP contribution in [0.1, 0.15) is 39.1 Å². The molecule has 2 aromatic carbocycles. The molecule has 2 N–H and O–H groups in total. The first-order chi connectivity index (χ1) is 14.1. The number of carbonyl (C=O) groups is 3. The lowest BCUT2D eigenvalue weighted by molar-refractivity contribution is -0.116. The van der Waals surface area contributed by atoms with Crippen molar-refractivity contribution >= 4 is 17.7 Å². The fraction of sp³-hybridized carbons (Fsp3) is 0.261. The van der Waals surface area contributed by atoms with Gasteiger partial charge >= 0.3 is 0 Å². The van der Waals surface area contributed by atoms with Crippen LogP contribution in [-0.4, -0.2) is 41.8 Å². The maximum absolute atomic E-state index is 12.9. The molecule has 3 amide bonds. The number of nitrogens with one attached hydrogen (secondary N) is 2. The predicted molar refractivity (Wildman–Crippen MR) is 111 cm³/mol. The second-order valence-electron chi connectivity index (χ2n) is 7.05. The van der Waals surface area contributed by atoms with Gasteiger partial charge < -0.3 is 15.5 Å². The SMILES string of the molecule is C=CC(=O)NCc1ccc(C(=O)N2CCCC(NC(=O)c3ccccc3)C2)cc1. The van der Waals surface area contributed by atoms with E-state index in [9.17, 15) is 14.4 Å². The van der Waals surface area contributed by atoms with Crippen molar-refractivity contribution in [3.63, 3.8) is 0 Å². The van der Waals surface area contributed by atoms with Gasteiger partial charge in [-0.05, 0) is 48.7 Å². The average Bonchev–Trinajstić information content (AvgIpc) is 2.78. The van der Waals surface area contributed by atoms with Crippen LogP contribution in [0.5, 0.6) is 0 Å². The highest BCUT2D eigenvalue weighted by Crippen LogP contribution is 2.15. The Morgan fingerprint density at radius 2 is 1.76 bits per heavy atom. The molecule has 2 aromatic rings. The Kier molecular flexibility index (Phi) is 6.79. The number of hydrogen-bond acceptors (Lipinski definition) is 3. The van der Waals surface area contributed by atoms with Crippen LogP contribution in [-0.2, 0) is 11.3 Å². The van der Waals surface area contributed by atoms with Crippen molar-refractivity contribution in [2.45, 2.75) is 25.4 Å². The van der Waals surface area contributed by atoms with Crippen molar-refractivity contribution in [1.29, 1.82) is 0 Å². The maximum Gasteiger partial charge on any atom is 0.253 e. The molecule has 1 heterocycles. The Labute approximate surface area is 170 Å². The van der Waals surface area contributed by atoms with Crippen LogP contribution < -0.4 is 10.6 Å². The first-order valence-electron chi connectivity index (χ1n) is 9.71. The van der Waals surface area contributed by atoms with E-state index in [0.717, 1.165) is 18.4 Å². The summed E-state index contributed by atoms with van der Waals surface area (Å²) >= 11 is 0. The topological polar surface area (TPSA) is 78.5 Å². The predicted octanol–water partition coefficient (Wildman–Crippen LogP) is 2.52.